The van der Waals surface area contributed by atoms with Crippen molar-refractivity contribution in [3.63, 3.8) is 0 Å². The quantitative estimate of drug-likeness (QED) is 0.810. The lowest BCUT2D eigenvalue weighted by atomic mass is 9.92. The molecule has 0 amide bonds. The first-order valence-electron chi connectivity index (χ1n) is 8.47. The molecule has 3 rings (SSSR count). The van der Waals surface area contributed by atoms with Crippen LogP contribution in [-0.2, 0) is 29.4 Å². The number of ether oxygens (including phenoxy) is 1. The standard InChI is InChI=1S/C17H23N5O3S/c1-22(2)16-19-15(20-17(21-16)25-3)11-18-26(23,24)14-9-8-12-6-4-5-7-13(12)10-14/h8-10,18H,4-7,11H2,1-3H3. The smallest absolute Gasteiger partial charge is 0.321 e. The van der Waals surface area contributed by atoms with Gasteiger partial charge < -0.3 is 9.64 Å². The Morgan fingerprint density at radius 3 is 2.54 bits per heavy atom. The number of fused-ring (bicyclic) bond motifs is 1. The molecule has 2 aromatic rings. The zero-order valence-electron chi connectivity index (χ0n) is 15.2. The van der Waals surface area contributed by atoms with Gasteiger partial charge in [0.2, 0.25) is 16.0 Å². The zero-order valence-corrected chi connectivity index (χ0v) is 16.0. The van der Waals surface area contributed by atoms with Gasteiger partial charge in [-0.15, -0.1) is 0 Å². The average molecular weight is 377 g/mol. The highest BCUT2D eigenvalue weighted by Crippen LogP contribution is 2.24. The van der Waals surface area contributed by atoms with E-state index in [9.17, 15) is 8.42 Å². The number of sulfonamides is 1. The van der Waals surface area contributed by atoms with E-state index in [0.29, 0.717) is 11.8 Å². The Hall–Kier alpha value is -2.26. The van der Waals surface area contributed by atoms with Crippen molar-refractivity contribution in [2.45, 2.75) is 37.1 Å². The number of methoxy groups -OCH3 is 1. The van der Waals surface area contributed by atoms with E-state index in [1.54, 1.807) is 31.1 Å². The number of aryl methyl sites for hydroxylation is 2. The molecule has 1 aliphatic rings. The molecule has 1 heterocycles. The fourth-order valence-electron chi connectivity index (χ4n) is 2.88. The third-order valence-corrected chi connectivity index (χ3v) is 5.68. The lowest BCUT2D eigenvalue weighted by Crippen LogP contribution is -2.25. The van der Waals surface area contributed by atoms with Crippen molar-refractivity contribution in [3.05, 3.63) is 35.2 Å². The van der Waals surface area contributed by atoms with Gasteiger partial charge in [0.25, 0.3) is 0 Å². The van der Waals surface area contributed by atoms with Crippen LogP contribution >= 0.6 is 0 Å². The van der Waals surface area contributed by atoms with E-state index < -0.39 is 10.0 Å². The first-order valence-corrected chi connectivity index (χ1v) is 9.95. The van der Waals surface area contributed by atoms with Crippen LogP contribution in [0.5, 0.6) is 6.01 Å². The molecule has 0 saturated carbocycles. The Bertz CT molecular complexity index is 899. The van der Waals surface area contributed by atoms with Gasteiger partial charge in [0, 0.05) is 14.1 Å². The van der Waals surface area contributed by atoms with Gasteiger partial charge in [0.15, 0.2) is 5.82 Å². The summed E-state index contributed by atoms with van der Waals surface area (Å²) in [5, 5.41) is 0. The molecule has 0 bridgehead atoms. The lowest BCUT2D eigenvalue weighted by Gasteiger charge is -2.17. The molecule has 1 N–H and O–H groups in total. The summed E-state index contributed by atoms with van der Waals surface area (Å²) in [4.78, 5) is 14.4. The van der Waals surface area contributed by atoms with Crippen molar-refractivity contribution in [1.82, 2.24) is 19.7 Å². The van der Waals surface area contributed by atoms with Crippen LogP contribution in [0.3, 0.4) is 0 Å². The predicted octanol–water partition coefficient (Wildman–Crippen LogP) is 1.30. The fraction of sp³-hybridized carbons (Fsp3) is 0.471. The highest BCUT2D eigenvalue weighted by atomic mass is 32.2. The second-order valence-electron chi connectivity index (χ2n) is 6.39. The van der Waals surface area contributed by atoms with E-state index >= 15 is 0 Å². The molecular formula is C17H23N5O3S. The number of anilines is 1. The highest BCUT2D eigenvalue weighted by Gasteiger charge is 2.19. The second kappa shape index (κ2) is 7.55. The van der Waals surface area contributed by atoms with Crippen LogP contribution < -0.4 is 14.4 Å². The number of benzene rings is 1. The van der Waals surface area contributed by atoms with Crippen LogP contribution in [0.1, 0.15) is 29.8 Å². The van der Waals surface area contributed by atoms with E-state index in [1.807, 2.05) is 6.07 Å². The second-order valence-corrected chi connectivity index (χ2v) is 8.16. The maximum atomic E-state index is 12.6. The van der Waals surface area contributed by atoms with Gasteiger partial charge in [-0.1, -0.05) is 6.07 Å². The highest BCUT2D eigenvalue weighted by molar-refractivity contribution is 7.89. The van der Waals surface area contributed by atoms with Crippen LogP contribution in [0, 0.1) is 0 Å². The summed E-state index contributed by atoms with van der Waals surface area (Å²) in [5.41, 5.74) is 2.36. The maximum Gasteiger partial charge on any atom is 0.321 e. The number of nitrogens with one attached hydrogen (secondary N) is 1. The summed E-state index contributed by atoms with van der Waals surface area (Å²) in [6, 6.07) is 5.49. The molecule has 0 atom stereocenters. The molecule has 0 unspecified atom stereocenters. The molecule has 0 fully saturated rings. The fourth-order valence-corrected chi connectivity index (χ4v) is 3.91. The van der Waals surface area contributed by atoms with Gasteiger partial charge in [-0.2, -0.15) is 15.0 Å². The SMILES string of the molecule is COc1nc(CNS(=O)(=O)c2ccc3c(c2)CCCC3)nc(N(C)C)n1. The molecule has 140 valence electrons. The Morgan fingerprint density at radius 1 is 1.12 bits per heavy atom. The van der Waals surface area contributed by atoms with E-state index in [2.05, 4.69) is 19.7 Å². The number of hydrogen-bond donors (Lipinski definition) is 1. The third-order valence-electron chi connectivity index (χ3n) is 4.28. The van der Waals surface area contributed by atoms with Crippen molar-refractivity contribution >= 4 is 16.0 Å². The molecule has 26 heavy (non-hydrogen) atoms. The Balaban J connectivity index is 1.79. The van der Waals surface area contributed by atoms with Crippen molar-refractivity contribution in [2.75, 3.05) is 26.1 Å². The average Bonchev–Trinajstić information content (AvgIpc) is 2.65. The molecular weight excluding hydrogens is 354 g/mol. The molecule has 0 saturated heterocycles. The molecule has 9 heteroatoms. The number of nitrogens with zero attached hydrogens (tertiary/aromatic N) is 4. The van der Waals surface area contributed by atoms with Gasteiger partial charge >= 0.3 is 6.01 Å². The van der Waals surface area contributed by atoms with Gasteiger partial charge in [0.05, 0.1) is 18.6 Å². The Morgan fingerprint density at radius 2 is 1.85 bits per heavy atom. The van der Waals surface area contributed by atoms with Gasteiger partial charge in [-0.3, -0.25) is 0 Å². The summed E-state index contributed by atoms with van der Waals surface area (Å²) >= 11 is 0. The van der Waals surface area contributed by atoms with E-state index in [0.717, 1.165) is 31.2 Å². The first-order chi connectivity index (χ1) is 12.4. The van der Waals surface area contributed by atoms with Crippen LogP contribution in [0.25, 0.3) is 0 Å². The molecule has 1 aromatic heterocycles. The Kier molecular flexibility index (Phi) is 5.38. The first kappa shape index (κ1) is 18.5. The largest absolute Gasteiger partial charge is 0.467 e. The summed E-state index contributed by atoms with van der Waals surface area (Å²) in [6.07, 6.45) is 4.20. The summed E-state index contributed by atoms with van der Waals surface area (Å²) < 4.78 is 32.9. The maximum absolute atomic E-state index is 12.6. The van der Waals surface area contributed by atoms with Crippen LogP contribution in [0.15, 0.2) is 23.1 Å². The van der Waals surface area contributed by atoms with Gasteiger partial charge in [0.1, 0.15) is 0 Å². The molecule has 1 aromatic carbocycles. The van der Waals surface area contributed by atoms with Crippen molar-refractivity contribution < 1.29 is 13.2 Å². The topological polar surface area (TPSA) is 97.3 Å². The van der Waals surface area contributed by atoms with Crippen LogP contribution in [-0.4, -0.2) is 44.6 Å². The summed E-state index contributed by atoms with van der Waals surface area (Å²) in [5.74, 6) is 0.696. The van der Waals surface area contributed by atoms with Crippen molar-refractivity contribution in [1.29, 1.82) is 0 Å². The molecule has 0 radical (unpaired) electrons. The normalized spacial score (nSPS) is 14.0. The monoisotopic (exact) mass is 377 g/mol. The Labute approximate surface area is 153 Å². The van der Waals surface area contributed by atoms with Crippen molar-refractivity contribution in [2.24, 2.45) is 0 Å². The van der Waals surface area contributed by atoms with E-state index in [-0.39, 0.29) is 17.5 Å². The number of rotatable bonds is 6. The van der Waals surface area contributed by atoms with Gasteiger partial charge in [-0.25, -0.2) is 13.1 Å². The number of aromatic nitrogens is 3. The van der Waals surface area contributed by atoms with Crippen molar-refractivity contribution in [3.8, 4) is 6.01 Å². The molecule has 8 nitrogen and oxygen atoms in total. The molecule has 0 aliphatic heterocycles. The minimum Gasteiger partial charge on any atom is -0.467 e. The molecule has 1 aliphatic carbocycles. The minimum absolute atomic E-state index is 0.0425. The van der Waals surface area contributed by atoms with Gasteiger partial charge in [-0.05, 0) is 48.9 Å². The van der Waals surface area contributed by atoms with Crippen LogP contribution in [0.2, 0.25) is 0 Å². The van der Waals surface area contributed by atoms with Crippen LogP contribution in [0.4, 0.5) is 5.95 Å². The van der Waals surface area contributed by atoms with E-state index in [1.165, 1.54) is 12.7 Å². The lowest BCUT2D eigenvalue weighted by molar-refractivity contribution is 0.375. The van der Waals surface area contributed by atoms with E-state index in [4.69, 9.17) is 4.74 Å². The molecule has 0 spiro atoms. The number of hydrogen-bond acceptors (Lipinski definition) is 7. The summed E-state index contributed by atoms with van der Waals surface area (Å²) in [6.45, 7) is -0.0425. The minimum atomic E-state index is -3.65. The predicted molar refractivity (Wildman–Crippen MR) is 97.8 cm³/mol. The summed E-state index contributed by atoms with van der Waals surface area (Å²) in [7, 11) is 1.38. The zero-order chi connectivity index (χ0) is 18.7. The third kappa shape index (κ3) is 4.10.